The van der Waals surface area contributed by atoms with Crippen molar-refractivity contribution in [2.75, 3.05) is 18.8 Å². The molecule has 0 bridgehead atoms. The van der Waals surface area contributed by atoms with Crippen LogP contribution in [-0.4, -0.2) is 23.9 Å². The number of hydrogen-bond acceptors (Lipinski definition) is 3. The molecular weight excluding hydrogens is 242 g/mol. The fourth-order valence-corrected chi connectivity index (χ4v) is 2.33. The van der Waals surface area contributed by atoms with Gasteiger partial charge in [0.1, 0.15) is 0 Å². The number of benzene rings is 1. The van der Waals surface area contributed by atoms with Gasteiger partial charge in [-0.05, 0) is 43.6 Å². The number of hydrogen-bond donors (Lipinski definition) is 3. The first-order chi connectivity index (χ1) is 8.74. The van der Waals surface area contributed by atoms with Crippen LogP contribution in [0.15, 0.2) is 24.3 Å². The van der Waals surface area contributed by atoms with Crippen molar-refractivity contribution in [3.8, 4) is 11.8 Å². The fourth-order valence-electron chi connectivity index (χ4n) is 2.21. The quantitative estimate of drug-likeness (QED) is 0.561. The highest BCUT2D eigenvalue weighted by molar-refractivity contribution is 7.80. The molecule has 1 fully saturated rings. The molecule has 1 heterocycles. The van der Waals surface area contributed by atoms with E-state index in [2.05, 4.69) is 29.8 Å². The lowest BCUT2D eigenvalue weighted by Gasteiger charge is -2.33. The van der Waals surface area contributed by atoms with Crippen molar-refractivity contribution in [3.63, 3.8) is 0 Å². The highest BCUT2D eigenvalue weighted by Gasteiger charge is 2.30. The molecule has 2 N–H and O–H groups in total. The molecule has 0 aromatic heterocycles. The Hall–Kier alpha value is -0.950. The molecule has 0 atom stereocenters. The third kappa shape index (κ3) is 3.29. The van der Waals surface area contributed by atoms with Gasteiger partial charge in [-0.2, -0.15) is 12.6 Å². The molecule has 96 valence electrons. The van der Waals surface area contributed by atoms with Gasteiger partial charge in [0.15, 0.2) is 0 Å². The van der Waals surface area contributed by atoms with Crippen molar-refractivity contribution in [2.45, 2.75) is 24.9 Å². The molecule has 1 aliphatic heterocycles. The van der Waals surface area contributed by atoms with Gasteiger partial charge in [-0.3, -0.25) is 0 Å². The Balaban J connectivity index is 2.10. The number of piperidine rings is 1. The van der Waals surface area contributed by atoms with Crippen molar-refractivity contribution in [1.29, 1.82) is 0 Å². The Morgan fingerprint density at radius 1 is 1.22 bits per heavy atom. The van der Waals surface area contributed by atoms with Crippen LogP contribution in [0.3, 0.4) is 0 Å². The van der Waals surface area contributed by atoms with Crippen LogP contribution in [-0.2, 0) is 5.60 Å². The summed E-state index contributed by atoms with van der Waals surface area (Å²) in [5.74, 6) is 6.95. The Morgan fingerprint density at radius 3 is 2.50 bits per heavy atom. The van der Waals surface area contributed by atoms with E-state index in [9.17, 15) is 5.11 Å². The van der Waals surface area contributed by atoms with Gasteiger partial charge in [-0.25, -0.2) is 0 Å². The van der Waals surface area contributed by atoms with Crippen LogP contribution < -0.4 is 5.32 Å². The minimum atomic E-state index is -0.664. The molecule has 18 heavy (non-hydrogen) atoms. The molecule has 0 saturated carbocycles. The number of nitrogens with one attached hydrogen (secondary N) is 1. The van der Waals surface area contributed by atoms with Gasteiger partial charge >= 0.3 is 0 Å². The van der Waals surface area contributed by atoms with Gasteiger partial charge in [0, 0.05) is 17.7 Å². The fraction of sp³-hybridized carbons (Fsp3) is 0.467. The molecule has 0 aliphatic carbocycles. The average molecular weight is 261 g/mol. The topological polar surface area (TPSA) is 32.3 Å². The summed E-state index contributed by atoms with van der Waals surface area (Å²) in [5.41, 5.74) is 1.34. The first-order valence-corrected chi connectivity index (χ1v) is 7.01. The summed E-state index contributed by atoms with van der Waals surface area (Å²) in [4.78, 5) is 0. The Morgan fingerprint density at radius 2 is 1.89 bits per heavy atom. The second-order valence-electron chi connectivity index (χ2n) is 4.63. The first kappa shape index (κ1) is 13.5. The summed E-state index contributed by atoms with van der Waals surface area (Å²) in [6.07, 6.45) is 2.36. The lowest BCUT2D eigenvalue weighted by Crippen LogP contribution is -2.39. The molecule has 1 aliphatic rings. The standard InChI is InChI=1S/C15H19NOS/c17-15(8-10-16-11-9-15)14-6-4-13(5-7-14)3-1-2-12-18/h4-7,16-18H,2,8-12H2. The molecule has 3 heteroatoms. The lowest BCUT2D eigenvalue weighted by atomic mass is 9.85. The van der Waals surface area contributed by atoms with Gasteiger partial charge in [0.25, 0.3) is 0 Å². The van der Waals surface area contributed by atoms with E-state index in [4.69, 9.17) is 0 Å². The van der Waals surface area contributed by atoms with Gasteiger partial charge in [-0.1, -0.05) is 24.0 Å². The van der Waals surface area contributed by atoms with E-state index >= 15 is 0 Å². The molecule has 0 amide bonds. The van der Waals surface area contributed by atoms with E-state index < -0.39 is 5.60 Å². The van der Waals surface area contributed by atoms with Gasteiger partial charge < -0.3 is 10.4 Å². The van der Waals surface area contributed by atoms with Crippen LogP contribution in [0.25, 0.3) is 0 Å². The monoisotopic (exact) mass is 261 g/mol. The zero-order chi connectivity index (χ0) is 12.8. The maximum Gasteiger partial charge on any atom is 0.0920 e. The minimum absolute atomic E-state index is 0.664. The predicted octanol–water partition coefficient (Wildman–Crippen LogP) is 1.93. The van der Waals surface area contributed by atoms with E-state index in [0.29, 0.717) is 0 Å². The van der Waals surface area contributed by atoms with Crippen molar-refractivity contribution < 1.29 is 5.11 Å². The van der Waals surface area contributed by atoms with Crippen molar-refractivity contribution in [2.24, 2.45) is 0 Å². The number of aliphatic hydroxyl groups is 1. The summed E-state index contributed by atoms with van der Waals surface area (Å²) >= 11 is 4.12. The number of thiol groups is 1. The van der Waals surface area contributed by atoms with Crippen molar-refractivity contribution in [3.05, 3.63) is 35.4 Å². The molecule has 0 unspecified atom stereocenters. The summed E-state index contributed by atoms with van der Waals surface area (Å²) in [5, 5.41) is 13.8. The van der Waals surface area contributed by atoms with Crippen molar-refractivity contribution in [1.82, 2.24) is 5.32 Å². The Labute approximate surface area is 114 Å². The second-order valence-corrected chi connectivity index (χ2v) is 5.08. The van der Waals surface area contributed by atoms with Gasteiger partial charge in [-0.15, -0.1) is 0 Å². The van der Waals surface area contributed by atoms with Crippen LogP contribution in [0.5, 0.6) is 0 Å². The molecule has 1 aromatic rings. The lowest BCUT2D eigenvalue weighted by molar-refractivity contribution is 0.00594. The highest BCUT2D eigenvalue weighted by atomic mass is 32.1. The van der Waals surface area contributed by atoms with E-state index in [-0.39, 0.29) is 0 Å². The van der Waals surface area contributed by atoms with E-state index in [0.717, 1.165) is 49.2 Å². The number of rotatable bonds is 2. The van der Waals surface area contributed by atoms with Crippen LogP contribution >= 0.6 is 12.6 Å². The zero-order valence-electron chi connectivity index (χ0n) is 10.4. The summed E-state index contributed by atoms with van der Waals surface area (Å²) < 4.78 is 0. The molecule has 1 aromatic carbocycles. The Bertz CT molecular complexity index is 438. The molecule has 0 radical (unpaired) electrons. The van der Waals surface area contributed by atoms with E-state index in [1.165, 1.54) is 0 Å². The molecular formula is C15H19NOS. The predicted molar refractivity (Wildman–Crippen MR) is 77.8 cm³/mol. The zero-order valence-corrected chi connectivity index (χ0v) is 11.3. The third-order valence-electron chi connectivity index (χ3n) is 3.32. The SMILES string of the molecule is OC1(c2ccc(C#CCCS)cc2)CCNCC1. The van der Waals surface area contributed by atoms with Gasteiger partial charge in [0.05, 0.1) is 5.60 Å². The average Bonchev–Trinajstić information content (AvgIpc) is 2.41. The minimum Gasteiger partial charge on any atom is -0.385 e. The highest BCUT2D eigenvalue weighted by Crippen LogP contribution is 2.30. The van der Waals surface area contributed by atoms with Crippen LogP contribution in [0.1, 0.15) is 30.4 Å². The van der Waals surface area contributed by atoms with Gasteiger partial charge in [0.2, 0.25) is 0 Å². The molecule has 2 nitrogen and oxygen atoms in total. The first-order valence-electron chi connectivity index (χ1n) is 6.38. The summed E-state index contributed by atoms with van der Waals surface area (Å²) in [6.45, 7) is 1.75. The maximum atomic E-state index is 10.6. The maximum absolute atomic E-state index is 10.6. The molecule has 0 spiro atoms. The normalized spacial score (nSPS) is 17.9. The largest absolute Gasteiger partial charge is 0.385 e. The van der Waals surface area contributed by atoms with E-state index in [1.807, 2.05) is 24.3 Å². The summed E-state index contributed by atoms with van der Waals surface area (Å²) in [7, 11) is 0. The van der Waals surface area contributed by atoms with Crippen molar-refractivity contribution >= 4 is 12.6 Å². The van der Waals surface area contributed by atoms with Crippen LogP contribution in [0.2, 0.25) is 0 Å². The van der Waals surface area contributed by atoms with E-state index in [1.54, 1.807) is 0 Å². The Kier molecular flexibility index (Phi) is 4.71. The second kappa shape index (κ2) is 6.29. The molecule has 1 saturated heterocycles. The molecule has 2 rings (SSSR count). The van der Waals surface area contributed by atoms with Crippen LogP contribution in [0.4, 0.5) is 0 Å². The third-order valence-corrected chi connectivity index (χ3v) is 3.55. The summed E-state index contributed by atoms with van der Waals surface area (Å²) in [6, 6.07) is 7.97. The van der Waals surface area contributed by atoms with Crippen LogP contribution in [0, 0.1) is 11.8 Å². The smallest absolute Gasteiger partial charge is 0.0920 e.